The molecule has 1 atom stereocenters. The SMILES string of the molecule is C[C@@H](Nc1nc(-c2noc(=O)[nH]2)nc2nc(C3(c4ccccc4F)CC3)n(C[C@H]3CC[C@H](C)CC3)c12)C1CCC1. The van der Waals surface area contributed by atoms with E-state index in [4.69, 9.17) is 19.5 Å². The Bertz CT molecular complexity index is 1590. The summed E-state index contributed by atoms with van der Waals surface area (Å²) < 4.78 is 22.3. The highest BCUT2D eigenvalue weighted by Crippen LogP contribution is 2.54. The smallest absolute Gasteiger partial charge is 0.365 e. The minimum atomic E-state index is -0.662. The Morgan fingerprint density at radius 1 is 1.12 bits per heavy atom. The Balaban J connectivity index is 1.41. The fraction of sp³-hybridized carbons (Fsp3) is 0.567. The van der Waals surface area contributed by atoms with Gasteiger partial charge < -0.3 is 9.88 Å². The normalized spacial score (nSPS) is 23.2. The molecule has 0 unspecified atom stereocenters. The minimum absolute atomic E-state index is 0.166. The molecule has 7 rings (SSSR count). The molecule has 0 bridgehead atoms. The highest BCUT2D eigenvalue weighted by atomic mass is 19.1. The summed E-state index contributed by atoms with van der Waals surface area (Å²) in [7, 11) is 0. The van der Waals surface area contributed by atoms with E-state index >= 15 is 4.39 Å². The van der Waals surface area contributed by atoms with E-state index < -0.39 is 11.2 Å². The molecule has 0 spiro atoms. The molecule has 10 heteroatoms. The van der Waals surface area contributed by atoms with Crippen LogP contribution < -0.4 is 11.1 Å². The summed E-state index contributed by atoms with van der Waals surface area (Å²) in [4.78, 5) is 29.1. The maximum atomic E-state index is 15.2. The summed E-state index contributed by atoms with van der Waals surface area (Å²) in [6, 6.07) is 7.28. The maximum Gasteiger partial charge on any atom is 0.439 e. The molecule has 3 aliphatic carbocycles. The molecule has 3 heterocycles. The third-order valence-electron chi connectivity index (χ3n) is 9.62. The van der Waals surface area contributed by atoms with Gasteiger partial charge >= 0.3 is 5.76 Å². The second-order valence-electron chi connectivity index (χ2n) is 12.4. The van der Waals surface area contributed by atoms with E-state index in [9.17, 15) is 4.79 Å². The topological polar surface area (TPSA) is 115 Å². The largest absolute Gasteiger partial charge is 0.439 e. The number of nitrogens with zero attached hydrogens (tertiary/aromatic N) is 5. The van der Waals surface area contributed by atoms with E-state index in [1.807, 2.05) is 12.1 Å². The monoisotopic (exact) mass is 545 g/mol. The molecule has 210 valence electrons. The molecule has 2 N–H and O–H groups in total. The number of hydrogen-bond acceptors (Lipinski definition) is 7. The molecule has 3 fully saturated rings. The van der Waals surface area contributed by atoms with Crippen molar-refractivity contribution in [3.63, 3.8) is 0 Å². The van der Waals surface area contributed by atoms with E-state index in [-0.39, 0.29) is 23.5 Å². The number of rotatable bonds is 8. The van der Waals surface area contributed by atoms with Crippen molar-refractivity contribution in [1.29, 1.82) is 0 Å². The Labute approximate surface area is 232 Å². The van der Waals surface area contributed by atoms with Crippen LogP contribution in [0.3, 0.4) is 0 Å². The zero-order valence-corrected chi connectivity index (χ0v) is 23.1. The number of halogens is 1. The molecule has 3 aliphatic rings. The Morgan fingerprint density at radius 2 is 1.90 bits per heavy atom. The molecule has 40 heavy (non-hydrogen) atoms. The molecule has 0 aliphatic heterocycles. The number of nitrogens with one attached hydrogen (secondary N) is 2. The van der Waals surface area contributed by atoms with Crippen LogP contribution in [0.5, 0.6) is 0 Å². The van der Waals surface area contributed by atoms with Crippen LogP contribution in [0.25, 0.3) is 22.8 Å². The van der Waals surface area contributed by atoms with Crippen molar-refractivity contribution in [3.05, 3.63) is 52.0 Å². The Kier molecular flexibility index (Phi) is 6.24. The van der Waals surface area contributed by atoms with E-state index in [2.05, 4.69) is 33.9 Å². The van der Waals surface area contributed by atoms with Gasteiger partial charge in [0.05, 0.1) is 5.41 Å². The van der Waals surface area contributed by atoms with E-state index in [1.165, 1.54) is 38.2 Å². The molecule has 0 saturated heterocycles. The van der Waals surface area contributed by atoms with Gasteiger partial charge in [-0.15, -0.1) is 0 Å². The first kappa shape index (κ1) is 25.4. The van der Waals surface area contributed by atoms with Crippen molar-refractivity contribution in [3.8, 4) is 11.6 Å². The van der Waals surface area contributed by atoms with Crippen LogP contribution in [0.15, 0.2) is 33.6 Å². The van der Waals surface area contributed by atoms with Crippen LogP contribution in [0, 0.1) is 23.6 Å². The van der Waals surface area contributed by atoms with Gasteiger partial charge in [-0.2, -0.15) is 0 Å². The molecule has 9 nitrogen and oxygen atoms in total. The molecular formula is C30H36FN7O2. The second kappa shape index (κ2) is 9.82. The van der Waals surface area contributed by atoms with E-state index in [0.717, 1.165) is 49.5 Å². The van der Waals surface area contributed by atoms with Gasteiger partial charge in [-0.3, -0.25) is 9.51 Å². The van der Waals surface area contributed by atoms with Gasteiger partial charge in [0, 0.05) is 18.2 Å². The first-order chi connectivity index (χ1) is 19.4. The number of benzene rings is 1. The van der Waals surface area contributed by atoms with Gasteiger partial charge in [0.25, 0.3) is 0 Å². The summed E-state index contributed by atoms with van der Waals surface area (Å²) in [5, 5.41) is 7.53. The third-order valence-corrected chi connectivity index (χ3v) is 9.62. The lowest BCUT2D eigenvalue weighted by atomic mass is 9.80. The lowest BCUT2D eigenvalue weighted by Crippen LogP contribution is -2.31. The van der Waals surface area contributed by atoms with E-state index in [1.54, 1.807) is 6.07 Å². The van der Waals surface area contributed by atoms with Crippen molar-refractivity contribution in [2.24, 2.45) is 17.8 Å². The Hall–Kier alpha value is -3.56. The standard InChI is InChI=1S/C30H36FN7O2/c1-17-10-12-19(13-11-17)16-38-23-24(32-18(2)20-6-5-7-20)33-26(27-36-29(39)40-37-27)34-25(23)35-28(38)30(14-15-30)21-8-3-4-9-22(21)31/h3-4,8-9,17-20H,5-7,10-16H2,1-2H3,(H,32,33,34)(H,36,37,39)/t17-,18-,19-/m1/s1. The molecule has 1 aromatic carbocycles. The molecule has 0 radical (unpaired) electrons. The van der Waals surface area contributed by atoms with Crippen molar-refractivity contribution < 1.29 is 8.91 Å². The van der Waals surface area contributed by atoms with Crippen molar-refractivity contribution in [1.82, 2.24) is 29.7 Å². The highest BCUT2D eigenvalue weighted by Gasteiger charge is 2.52. The van der Waals surface area contributed by atoms with Gasteiger partial charge in [-0.25, -0.2) is 24.1 Å². The van der Waals surface area contributed by atoms with Gasteiger partial charge in [-0.05, 0) is 69.3 Å². The molecular weight excluding hydrogens is 509 g/mol. The van der Waals surface area contributed by atoms with Crippen LogP contribution in [-0.4, -0.2) is 35.7 Å². The summed E-state index contributed by atoms with van der Waals surface area (Å²) in [5.74, 6) is 2.91. The van der Waals surface area contributed by atoms with Gasteiger partial charge in [0.1, 0.15) is 17.2 Å². The van der Waals surface area contributed by atoms with Crippen LogP contribution in [0.1, 0.15) is 83.0 Å². The fourth-order valence-electron chi connectivity index (χ4n) is 6.74. The third kappa shape index (κ3) is 4.41. The predicted molar refractivity (Wildman–Crippen MR) is 149 cm³/mol. The van der Waals surface area contributed by atoms with Gasteiger partial charge in [0.15, 0.2) is 11.5 Å². The number of H-pyrrole nitrogens is 1. The average Bonchev–Trinajstić information content (AvgIpc) is 3.44. The highest BCUT2D eigenvalue weighted by molar-refractivity contribution is 5.86. The Morgan fingerprint density at radius 3 is 2.55 bits per heavy atom. The lowest BCUT2D eigenvalue weighted by Gasteiger charge is -2.32. The summed E-state index contributed by atoms with van der Waals surface area (Å²) in [6.45, 7) is 5.32. The van der Waals surface area contributed by atoms with Gasteiger partial charge in [0.2, 0.25) is 11.6 Å². The molecule has 0 amide bonds. The number of hydrogen-bond donors (Lipinski definition) is 2. The maximum absolute atomic E-state index is 15.2. The summed E-state index contributed by atoms with van der Waals surface area (Å²) in [6.07, 6.45) is 10.0. The summed E-state index contributed by atoms with van der Waals surface area (Å²) in [5.41, 5.74) is 1.57. The number of anilines is 1. The molecule has 3 saturated carbocycles. The van der Waals surface area contributed by atoms with Gasteiger partial charge in [-0.1, -0.05) is 49.5 Å². The zero-order chi connectivity index (χ0) is 27.4. The number of fused-ring (bicyclic) bond motifs is 1. The van der Waals surface area contributed by atoms with Crippen LogP contribution in [0.2, 0.25) is 0 Å². The van der Waals surface area contributed by atoms with Crippen LogP contribution >= 0.6 is 0 Å². The second-order valence-corrected chi connectivity index (χ2v) is 12.4. The molecule has 4 aromatic rings. The number of aromatic amines is 1. The van der Waals surface area contributed by atoms with Crippen molar-refractivity contribution in [2.75, 3.05) is 5.32 Å². The number of imidazole rings is 1. The van der Waals surface area contributed by atoms with Crippen LogP contribution in [0.4, 0.5) is 10.2 Å². The van der Waals surface area contributed by atoms with Crippen LogP contribution in [-0.2, 0) is 12.0 Å². The first-order valence-electron chi connectivity index (χ1n) is 14.8. The average molecular weight is 546 g/mol. The lowest BCUT2D eigenvalue weighted by molar-refractivity contribution is 0.263. The quantitative estimate of drug-likeness (QED) is 0.287. The fourth-order valence-corrected chi connectivity index (χ4v) is 6.74. The van der Waals surface area contributed by atoms with E-state index in [0.29, 0.717) is 28.9 Å². The predicted octanol–water partition coefficient (Wildman–Crippen LogP) is 5.82. The zero-order valence-electron chi connectivity index (χ0n) is 23.1. The van der Waals surface area contributed by atoms with Crippen molar-refractivity contribution in [2.45, 2.75) is 89.6 Å². The minimum Gasteiger partial charge on any atom is -0.365 e. The molecule has 3 aromatic heterocycles. The number of aromatic nitrogens is 6. The summed E-state index contributed by atoms with van der Waals surface area (Å²) >= 11 is 0. The first-order valence-corrected chi connectivity index (χ1v) is 14.8. The van der Waals surface area contributed by atoms with Crippen molar-refractivity contribution >= 4 is 17.0 Å².